The van der Waals surface area contributed by atoms with Crippen LogP contribution in [0.5, 0.6) is 0 Å². The fourth-order valence-corrected chi connectivity index (χ4v) is 2.71. The Hall–Kier alpha value is -1.11. The minimum atomic E-state index is 0.197. The summed E-state index contributed by atoms with van der Waals surface area (Å²) in [6.45, 7) is 2.10. The molecule has 1 unspecified atom stereocenters. The highest BCUT2D eigenvalue weighted by Crippen LogP contribution is 2.31. The maximum absolute atomic E-state index is 12.2. The topological polar surface area (TPSA) is 17.1 Å². The molecule has 1 aliphatic carbocycles. The molecule has 0 heterocycles. The van der Waals surface area contributed by atoms with E-state index in [0.717, 1.165) is 5.56 Å². The minimum Gasteiger partial charge on any atom is -0.294 e. The first-order valence-corrected chi connectivity index (χ1v) is 6.38. The van der Waals surface area contributed by atoms with Crippen LogP contribution >= 0.6 is 0 Å². The number of carbonyl (C=O) groups is 1. The molecule has 1 aromatic carbocycles. The summed E-state index contributed by atoms with van der Waals surface area (Å²) in [5, 5.41) is 0. The number of ketones is 1. The van der Waals surface area contributed by atoms with Gasteiger partial charge in [-0.1, -0.05) is 56.5 Å². The first-order valence-electron chi connectivity index (χ1n) is 6.38. The highest BCUT2D eigenvalue weighted by molar-refractivity contribution is 5.97. The molecule has 0 spiro atoms. The predicted octanol–water partition coefficient (Wildman–Crippen LogP) is 4.09. The molecule has 0 saturated heterocycles. The van der Waals surface area contributed by atoms with Gasteiger partial charge in [0.1, 0.15) is 0 Å². The summed E-state index contributed by atoms with van der Waals surface area (Å²) < 4.78 is 0. The zero-order chi connectivity index (χ0) is 11.4. The summed E-state index contributed by atoms with van der Waals surface area (Å²) in [7, 11) is 0. The third kappa shape index (κ3) is 2.52. The highest BCUT2D eigenvalue weighted by atomic mass is 16.1. The molecular formula is C15H20O. The average Bonchev–Trinajstić information content (AvgIpc) is 2.39. The summed E-state index contributed by atoms with van der Waals surface area (Å²) in [5.74, 6) is 1.14. The lowest BCUT2D eigenvalue weighted by Crippen LogP contribution is -2.23. The fraction of sp³-hybridized carbons (Fsp3) is 0.533. The van der Waals surface area contributed by atoms with Crippen LogP contribution in [0.25, 0.3) is 0 Å². The van der Waals surface area contributed by atoms with Crippen molar-refractivity contribution in [3.05, 3.63) is 35.9 Å². The fourth-order valence-electron chi connectivity index (χ4n) is 2.71. The van der Waals surface area contributed by atoms with Crippen molar-refractivity contribution in [3.8, 4) is 0 Å². The molecule has 1 heteroatoms. The standard InChI is InChI=1S/C15H20O/c1-12(13-8-4-2-5-9-13)15(16)14-10-6-3-7-11-14/h3,6-7,10-13H,2,4-5,8-9H2,1H3. The van der Waals surface area contributed by atoms with Gasteiger partial charge in [-0.25, -0.2) is 0 Å². The van der Waals surface area contributed by atoms with Gasteiger partial charge in [0, 0.05) is 11.5 Å². The smallest absolute Gasteiger partial charge is 0.165 e. The summed E-state index contributed by atoms with van der Waals surface area (Å²) in [4.78, 5) is 12.2. The zero-order valence-corrected chi connectivity index (χ0v) is 9.99. The molecule has 1 nitrogen and oxygen atoms in total. The van der Waals surface area contributed by atoms with Crippen molar-refractivity contribution >= 4 is 5.78 Å². The van der Waals surface area contributed by atoms with E-state index in [4.69, 9.17) is 0 Å². The SMILES string of the molecule is CC(C(=O)c1ccccc1)C1CCCCC1. The third-order valence-electron chi connectivity index (χ3n) is 3.83. The Bertz CT molecular complexity index is 336. The van der Waals surface area contributed by atoms with Crippen molar-refractivity contribution in [1.29, 1.82) is 0 Å². The maximum atomic E-state index is 12.2. The molecule has 16 heavy (non-hydrogen) atoms. The van der Waals surface area contributed by atoms with Gasteiger partial charge in [0.2, 0.25) is 0 Å². The second kappa shape index (κ2) is 5.29. The molecule has 1 saturated carbocycles. The molecule has 0 radical (unpaired) electrons. The molecule has 86 valence electrons. The molecule has 1 aliphatic rings. The molecule has 0 bridgehead atoms. The summed E-state index contributed by atoms with van der Waals surface area (Å²) >= 11 is 0. The Labute approximate surface area is 97.9 Å². The zero-order valence-electron chi connectivity index (χ0n) is 9.99. The lowest BCUT2D eigenvalue weighted by atomic mass is 9.78. The van der Waals surface area contributed by atoms with E-state index in [1.165, 1.54) is 32.1 Å². The van der Waals surface area contributed by atoms with Crippen LogP contribution in [0, 0.1) is 11.8 Å². The van der Waals surface area contributed by atoms with Crippen molar-refractivity contribution in [1.82, 2.24) is 0 Å². The third-order valence-corrected chi connectivity index (χ3v) is 3.83. The molecule has 0 aliphatic heterocycles. The van der Waals surface area contributed by atoms with Crippen molar-refractivity contribution in [2.75, 3.05) is 0 Å². The second-order valence-corrected chi connectivity index (χ2v) is 4.92. The van der Waals surface area contributed by atoms with E-state index in [0.29, 0.717) is 11.7 Å². The lowest BCUT2D eigenvalue weighted by molar-refractivity contribution is 0.0864. The summed E-state index contributed by atoms with van der Waals surface area (Å²) in [6, 6.07) is 9.72. The highest BCUT2D eigenvalue weighted by Gasteiger charge is 2.25. The number of Topliss-reactive ketones (excluding diaryl/α,β-unsaturated/α-hetero) is 1. The van der Waals surface area contributed by atoms with E-state index >= 15 is 0 Å². The molecular weight excluding hydrogens is 196 g/mol. The Morgan fingerprint density at radius 2 is 1.75 bits per heavy atom. The number of carbonyl (C=O) groups excluding carboxylic acids is 1. The van der Waals surface area contributed by atoms with E-state index in [2.05, 4.69) is 6.92 Å². The summed E-state index contributed by atoms with van der Waals surface area (Å²) in [5.41, 5.74) is 0.876. The van der Waals surface area contributed by atoms with Gasteiger partial charge in [0.15, 0.2) is 5.78 Å². The van der Waals surface area contributed by atoms with Crippen LogP contribution in [0.15, 0.2) is 30.3 Å². The monoisotopic (exact) mass is 216 g/mol. The minimum absolute atomic E-state index is 0.197. The van der Waals surface area contributed by atoms with E-state index < -0.39 is 0 Å². The molecule has 0 amide bonds. The van der Waals surface area contributed by atoms with Gasteiger partial charge < -0.3 is 0 Å². The first-order chi connectivity index (χ1) is 7.79. The number of hydrogen-bond donors (Lipinski definition) is 0. The number of hydrogen-bond acceptors (Lipinski definition) is 1. The Morgan fingerprint density at radius 1 is 1.12 bits per heavy atom. The lowest BCUT2D eigenvalue weighted by Gasteiger charge is -2.26. The number of rotatable bonds is 3. The maximum Gasteiger partial charge on any atom is 0.165 e. The van der Waals surface area contributed by atoms with Crippen LogP contribution in [0.2, 0.25) is 0 Å². The largest absolute Gasteiger partial charge is 0.294 e. The van der Waals surface area contributed by atoms with Crippen LogP contribution in [-0.4, -0.2) is 5.78 Å². The normalized spacial score (nSPS) is 19.3. The van der Waals surface area contributed by atoms with Gasteiger partial charge in [-0.15, -0.1) is 0 Å². The van der Waals surface area contributed by atoms with Crippen LogP contribution in [-0.2, 0) is 0 Å². The van der Waals surface area contributed by atoms with E-state index in [9.17, 15) is 4.79 Å². The van der Waals surface area contributed by atoms with Crippen LogP contribution in [0.3, 0.4) is 0 Å². The van der Waals surface area contributed by atoms with Crippen LogP contribution < -0.4 is 0 Å². The average molecular weight is 216 g/mol. The van der Waals surface area contributed by atoms with Gasteiger partial charge in [0.25, 0.3) is 0 Å². The van der Waals surface area contributed by atoms with Crippen LogP contribution in [0.4, 0.5) is 0 Å². The van der Waals surface area contributed by atoms with Crippen LogP contribution in [0.1, 0.15) is 49.4 Å². The molecule has 2 rings (SSSR count). The quantitative estimate of drug-likeness (QED) is 0.696. The van der Waals surface area contributed by atoms with Gasteiger partial charge in [0.05, 0.1) is 0 Å². The molecule has 1 atom stereocenters. The van der Waals surface area contributed by atoms with Crippen molar-refractivity contribution in [2.24, 2.45) is 11.8 Å². The molecule has 0 N–H and O–H groups in total. The van der Waals surface area contributed by atoms with Crippen molar-refractivity contribution < 1.29 is 4.79 Å². The van der Waals surface area contributed by atoms with E-state index in [-0.39, 0.29) is 5.92 Å². The summed E-state index contributed by atoms with van der Waals surface area (Å²) in [6.07, 6.45) is 6.43. The molecule has 1 fully saturated rings. The van der Waals surface area contributed by atoms with Crippen molar-refractivity contribution in [3.63, 3.8) is 0 Å². The molecule has 1 aromatic rings. The van der Waals surface area contributed by atoms with Gasteiger partial charge >= 0.3 is 0 Å². The Balaban J connectivity index is 2.04. The van der Waals surface area contributed by atoms with Gasteiger partial charge in [-0.3, -0.25) is 4.79 Å². The Morgan fingerprint density at radius 3 is 2.38 bits per heavy atom. The first kappa shape index (κ1) is 11.4. The predicted molar refractivity (Wildman–Crippen MR) is 66.5 cm³/mol. The van der Waals surface area contributed by atoms with Crippen molar-refractivity contribution in [2.45, 2.75) is 39.0 Å². The van der Waals surface area contributed by atoms with E-state index in [1.807, 2.05) is 30.3 Å². The van der Waals surface area contributed by atoms with Gasteiger partial charge in [-0.2, -0.15) is 0 Å². The number of benzene rings is 1. The molecule has 0 aromatic heterocycles. The second-order valence-electron chi connectivity index (χ2n) is 4.92. The van der Waals surface area contributed by atoms with Gasteiger partial charge in [-0.05, 0) is 18.8 Å². The van der Waals surface area contributed by atoms with E-state index in [1.54, 1.807) is 0 Å². The Kier molecular flexibility index (Phi) is 3.76.